The molecule has 0 aliphatic rings. The average Bonchev–Trinajstić information content (AvgIpc) is 2.78. The summed E-state index contributed by atoms with van der Waals surface area (Å²) in [5.41, 5.74) is 1.10. The van der Waals surface area contributed by atoms with E-state index in [4.69, 9.17) is 4.74 Å². The first-order chi connectivity index (χ1) is 9.45. The highest BCUT2D eigenvalue weighted by molar-refractivity contribution is 7.89. The summed E-state index contributed by atoms with van der Waals surface area (Å²) in [4.78, 5) is 0.276. The van der Waals surface area contributed by atoms with Crippen molar-refractivity contribution in [3.05, 3.63) is 11.4 Å². The van der Waals surface area contributed by atoms with E-state index in [0.717, 1.165) is 6.54 Å². The molecule has 1 aromatic heterocycles. The van der Waals surface area contributed by atoms with Crippen molar-refractivity contribution in [2.45, 2.75) is 31.7 Å². The summed E-state index contributed by atoms with van der Waals surface area (Å²) in [6, 6.07) is 0. The summed E-state index contributed by atoms with van der Waals surface area (Å²) in [5, 5.41) is 9.93. The molecule has 0 saturated carbocycles. The third-order valence-corrected chi connectivity index (χ3v) is 5.05. The van der Waals surface area contributed by atoms with Crippen LogP contribution in [0.3, 0.4) is 0 Å². The van der Waals surface area contributed by atoms with Crippen molar-refractivity contribution in [2.75, 3.05) is 33.9 Å². The number of ether oxygens (including phenoxy) is 1. The molecule has 8 heteroatoms. The number of nitrogens with zero attached hydrogens (tertiary/aromatic N) is 2. The van der Waals surface area contributed by atoms with E-state index >= 15 is 0 Å². The molecule has 116 valence electrons. The van der Waals surface area contributed by atoms with Gasteiger partial charge in [-0.25, -0.2) is 12.7 Å². The van der Waals surface area contributed by atoms with Crippen molar-refractivity contribution in [1.29, 1.82) is 0 Å². The quantitative estimate of drug-likeness (QED) is 0.648. The molecule has 0 aromatic carbocycles. The van der Waals surface area contributed by atoms with Crippen LogP contribution >= 0.6 is 0 Å². The van der Waals surface area contributed by atoms with Gasteiger partial charge >= 0.3 is 0 Å². The maximum atomic E-state index is 12.6. The monoisotopic (exact) mass is 304 g/mol. The lowest BCUT2D eigenvalue weighted by Crippen LogP contribution is -2.30. The predicted octanol–water partition coefficient (Wildman–Crippen LogP) is 0.485. The minimum atomic E-state index is -3.52. The molecule has 20 heavy (non-hydrogen) atoms. The summed E-state index contributed by atoms with van der Waals surface area (Å²) in [7, 11) is -0.346. The van der Waals surface area contributed by atoms with Crippen LogP contribution in [-0.2, 0) is 21.3 Å². The molecule has 2 N–H and O–H groups in total. The normalized spacial score (nSPS) is 12.2. The maximum absolute atomic E-state index is 12.6. The predicted molar refractivity (Wildman–Crippen MR) is 77.0 cm³/mol. The van der Waals surface area contributed by atoms with E-state index in [1.54, 1.807) is 21.1 Å². The molecule has 1 heterocycles. The van der Waals surface area contributed by atoms with Crippen LogP contribution in [0.5, 0.6) is 0 Å². The lowest BCUT2D eigenvalue weighted by molar-refractivity contribution is 0.189. The Bertz CT molecular complexity index is 513. The van der Waals surface area contributed by atoms with Gasteiger partial charge in [0.2, 0.25) is 10.0 Å². The Hall–Kier alpha value is -0.960. The summed E-state index contributed by atoms with van der Waals surface area (Å²) >= 11 is 0. The molecule has 0 bridgehead atoms. The Balaban J connectivity index is 2.93. The van der Waals surface area contributed by atoms with E-state index < -0.39 is 10.0 Å². The van der Waals surface area contributed by atoms with Gasteiger partial charge in [-0.3, -0.25) is 5.10 Å². The van der Waals surface area contributed by atoms with Gasteiger partial charge in [0.1, 0.15) is 4.90 Å². The first-order valence-corrected chi connectivity index (χ1v) is 8.09. The molecule has 1 aromatic rings. The fourth-order valence-corrected chi connectivity index (χ4v) is 3.41. The van der Waals surface area contributed by atoms with Gasteiger partial charge in [0.05, 0.1) is 11.4 Å². The Labute approximate surface area is 120 Å². The van der Waals surface area contributed by atoms with E-state index in [1.807, 2.05) is 6.92 Å². The second kappa shape index (κ2) is 7.72. The molecule has 0 spiro atoms. The lowest BCUT2D eigenvalue weighted by atomic mass is 10.3. The summed E-state index contributed by atoms with van der Waals surface area (Å²) < 4.78 is 31.5. The van der Waals surface area contributed by atoms with Crippen molar-refractivity contribution < 1.29 is 13.2 Å². The van der Waals surface area contributed by atoms with Crippen LogP contribution < -0.4 is 5.32 Å². The van der Waals surface area contributed by atoms with Gasteiger partial charge < -0.3 is 10.1 Å². The first-order valence-electron chi connectivity index (χ1n) is 6.65. The number of aromatic amines is 1. The zero-order valence-corrected chi connectivity index (χ0v) is 13.4. The van der Waals surface area contributed by atoms with Crippen LogP contribution in [0.1, 0.15) is 24.7 Å². The fraction of sp³-hybridized carbons (Fsp3) is 0.750. The molecule has 0 saturated heterocycles. The highest BCUT2D eigenvalue weighted by Crippen LogP contribution is 2.21. The SMILES string of the molecule is CCNCc1n[nH]c(C)c1S(=O)(=O)N(C)CCCOC. The molecule has 0 aliphatic carbocycles. The van der Waals surface area contributed by atoms with Crippen LogP contribution in [-0.4, -0.2) is 56.8 Å². The van der Waals surface area contributed by atoms with Crippen molar-refractivity contribution in [3.63, 3.8) is 0 Å². The molecule has 0 fully saturated rings. The van der Waals surface area contributed by atoms with Gasteiger partial charge in [-0.15, -0.1) is 0 Å². The lowest BCUT2D eigenvalue weighted by Gasteiger charge is -2.17. The molecule has 7 nitrogen and oxygen atoms in total. The minimum absolute atomic E-state index is 0.276. The molecular formula is C12H24N4O3S. The second-order valence-corrected chi connectivity index (χ2v) is 6.56. The Morgan fingerprint density at radius 2 is 2.15 bits per heavy atom. The van der Waals surface area contributed by atoms with Gasteiger partial charge in [0.15, 0.2) is 0 Å². The molecule has 0 aliphatic heterocycles. The Morgan fingerprint density at radius 3 is 2.75 bits per heavy atom. The van der Waals surface area contributed by atoms with Gasteiger partial charge in [-0.05, 0) is 19.9 Å². The van der Waals surface area contributed by atoms with Crippen molar-refractivity contribution >= 4 is 10.0 Å². The summed E-state index contributed by atoms with van der Waals surface area (Å²) in [6.45, 7) is 5.83. The number of rotatable bonds is 9. The Kier molecular flexibility index (Phi) is 6.60. The fourth-order valence-electron chi connectivity index (χ4n) is 1.88. The summed E-state index contributed by atoms with van der Waals surface area (Å²) in [6.07, 6.45) is 0.658. The van der Waals surface area contributed by atoms with Gasteiger partial charge in [0.25, 0.3) is 0 Å². The Morgan fingerprint density at radius 1 is 1.45 bits per heavy atom. The largest absolute Gasteiger partial charge is 0.385 e. The number of nitrogens with one attached hydrogen (secondary N) is 2. The third-order valence-electron chi connectivity index (χ3n) is 2.99. The van der Waals surface area contributed by atoms with E-state index in [1.165, 1.54) is 4.31 Å². The van der Waals surface area contributed by atoms with Crippen molar-refractivity contribution in [2.24, 2.45) is 0 Å². The van der Waals surface area contributed by atoms with E-state index in [9.17, 15) is 8.42 Å². The second-order valence-electron chi connectivity index (χ2n) is 4.58. The number of sulfonamides is 1. The smallest absolute Gasteiger partial charge is 0.246 e. The van der Waals surface area contributed by atoms with Crippen LogP contribution in [0.4, 0.5) is 0 Å². The summed E-state index contributed by atoms with van der Waals surface area (Å²) in [5.74, 6) is 0. The molecule has 1 rings (SSSR count). The zero-order valence-electron chi connectivity index (χ0n) is 12.6. The average molecular weight is 304 g/mol. The minimum Gasteiger partial charge on any atom is -0.385 e. The van der Waals surface area contributed by atoms with E-state index in [-0.39, 0.29) is 4.90 Å². The number of H-pyrrole nitrogens is 1. The van der Waals surface area contributed by atoms with Crippen LogP contribution in [0.25, 0.3) is 0 Å². The highest BCUT2D eigenvalue weighted by atomic mass is 32.2. The number of aromatic nitrogens is 2. The van der Waals surface area contributed by atoms with Gasteiger partial charge in [-0.1, -0.05) is 6.92 Å². The third kappa shape index (κ3) is 4.02. The topological polar surface area (TPSA) is 87.3 Å². The van der Waals surface area contributed by atoms with Crippen molar-refractivity contribution in [3.8, 4) is 0 Å². The molecule has 0 atom stereocenters. The highest BCUT2D eigenvalue weighted by Gasteiger charge is 2.27. The molecule has 0 amide bonds. The van der Waals surface area contributed by atoms with E-state index in [0.29, 0.717) is 37.5 Å². The van der Waals surface area contributed by atoms with Crippen LogP contribution in [0.2, 0.25) is 0 Å². The van der Waals surface area contributed by atoms with Crippen molar-refractivity contribution in [1.82, 2.24) is 19.8 Å². The molecule has 0 unspecified atom stereocenters. The number of hydrogen-bond donors (Lipinski definition) is 2. The first kappa shape index (κ1) is 17.1. The van der Waals surface area contributed by atoms with Crippen LogP contribution in [0, 0.1) is 6.92 Å². The number of aryl methyl sites for hydroxylation is 1. The number of methoxy groups -OCH3 is 1. The number of hydrogen-bond acceptors (Lipinski definition) is 5. The van der Waals surface area contributed by atoms with Gasteiger partial charge in [0, 0.05) is 33.9 Å². The van der Waals surface area contributed by atoms with Crippen LogP contribution in [0.15, 0.2) is 4.90 Å². The van der Waals surface area contributed by atoms with Gasteiger partial charge in [-0.2, -0.15) is 5.10 Å². The maximum Gasteiger partial charge on any atom is 0.246 e. The molecular weight excluding hydrogens is 280 g/mol. The molecule has 0 radical (unpaired) electrons. The zero-order chi connectivity index (χ0) is 15.2. The van der Waals surface area contributed by atoms with E-state index in [2.05, 4.69) is 15.5 Å². The standard InChI is InChI=1S/C12H24N4O3S/c1-5-13-9-11-12(10(2)14-15-11)20(17,18)16(3)7-6-8-19-4/h13H,5-9H2,1-4H3,(H,14,15).